The lowest BCUT2D eigenvalue weighted by atomic mass is 10.1. The summed E-state index contributed by atoms with van der Waals surface area (Å²) in [5.74, 6) is 0. The number of aromatic nitrogens is 3. The van der Waals surface area contributed by atoms with E-state index in [9.17, 15) is 0 Å². The summed E-state index contributed by atoms with van der Waals surface area (Å²) in [6, 6.07) is 6.28. The van der Waals surface area contributed by atoms with Gasteiger partial charge < -0.3 is 5.32 Å². The summed E-state index contributed by atoms with van der Waals surface area (Å²) in [4.78, 5) is 12.4. The maximum absolute atomic E-state index is 4.41. The molecule has 4 nitrogen and oxygen atoms in total. The normalized spacial score (nSPS) is 12.4. The first kappa shape index (κ1) is 12.0. The van der Waals surface area contributed by atoms with E-state index < -0.39 is 0 Å². The molecule has 0 saturated heterocycles. The Kier molecular flexibility index (Phi) is 4.06. The molecule has 1 unspecified atom stereocenters. The number of pyridine rings is 1. The molecule has 17 heavy (non-hydrogen) atoms. The van der Waals surface area contributed by atoms with Gasteiger partial charge in [-0.1, -0.05) is 6.07 Å². The molecule has 2 aromatic rings. The summed E-state index contributed by atoms with van der Waals surface area (Å²) in [5, 5.41) is 5.03. The summed E-state index contributed by atoms with van der Waals surface area (Å²) >= 11 is 1.53. The van der Waals surface area contributed by atoms with Crippen LogP contribution in [0.25, 0.3) is 0 Å². The van der Waals surface area contributed by atoms with Crippen LogP contribution in [-0.2, 0) is 0 Å². The van der Waals surface area contributed by atoms with E-state index in [1.165, 1.54) is 17.3 Å². The van der Waals surface area contributed by atoms with Crippen LogP contribution >= 0.6 is 11.8 Å². The maximum Gasteiger partial charge on any atom is 0.116 e. The minimum Gasteiger partial charge on any atom is -0.313 e. The van der Waals surface area contributed by atoms with Gasteiger partial charge in [0.1, 0.15) is 16.4 Å². The zero-order valence-corrected chi connectivity index (χ0v) is 10.6. The van der Waals surface area contributed by atoms with E-state index in [1.807, 2.05) is 25.4 Å². The molecule has 0 aliphatic carbocycles. The van der Waals surface area contributed by atoms with Gasteiger partial charge in [-0.15, -0.1) is 0 Å². The Hall–Kier alpha value is -1.46. The quantitative estimate of drug-likeness (QED) is 0.839. The van der Waals surface area contributed by atoms with Gasteiger partial charge in [0, 0.05) is 18.4 Å². The predicted octanol–water partition coefficient (Wildman–Crippen LogP) is 2.30. The minimum atomic E-state index is 0.320. The standard InChI is InChI=1S/C12H14N4S/c1-9(13-2)10-3-4-11(15-7-10)17-12-5-6-14-8-16-12/h3-9,13H,1-2H3. The Balaban J connectivity index is 2.08. The highest BCUT2D eigenvalue weighted by atomic mass is 32.2. The fraction of sp³-hybridized carbons (Fsp3) is 0.250. The van der Waals surface area contributed by atoms with Crippen LogP contribution in [0.4, 0.5) is 0 Å². The first-order valence-electron chi connectivity index (χ1n) is 5.36. The first-order chi connectivity index (χ1) is 8.29. The molecule has 0 saturated carbocycles. The molecule has 2 rings (SSSR count). The second-order valence-electron chi connectivity index (χ2n) is 3.59. The van der Waals surface area contributed by atoms with Crippen LogP contribution in [0.5, 0.6) is 0 Å². The summed E-state index contributed by atoms with van der Waals surface area (Å²) in [5.41, 5.74) is 1.18. The molecule has 1 atom stereocenters. The van der Waals surface area contributed by atoms with E-state index in [1.54, 1.807) is 12.5 Å². The number of nitrogens with one attached hydrogen (secondary N) is 1. The second kappa shape index (κ2) is 5.75. The Labute approximate surface area is 105 Å². The van der Waals surface area contributed by atoms with Gasteiger partial charge in [0.25, 0.3) is 0 Å². The molecule has 0 aliphatic heterocycles. The van der Waals surface area contributed by atoms with E-state index in [4.69, 9.17) is 0 Å². The van der Waals surface area contributed by atoms with Gasteiger partial charge in [0.15, 0.2) is 0 Å². The third-order valence-electron chi connectivity index (χ3n) is 2.46. The van der Waals surface area contributed by atoms with Crippen LogP contribution in [0.1, 0.15) is 18.5 Å². The molecular formula is C12H14N4S. The van der Waals surface area contributed by atoms with Crippen molar-refractivity contribution in [2.24, 2.45) is 0 Å². The van der Waals surface area contributed by atoms with Crippen molar-refractivity contribution in [2.45, 2.75) is 23.0 Å². The van der Waals surface area contributed by atoms with Gasteiger partial charge in [-0.05, 0) is 43.4 Å². The third-order valence-corrected chi connectivity index (χ3v) is 3.36. The van der Waals surface area contributed by atoms with E-state index >= 15 is 0 Å². The van der Waals surface area contributed by atoms with Gasteiger partial charge in [-0.3, -0.25) is 0 Å². The highest BCUT2D eigenvalue weighted by Gasteiger charge is 2.04. The average molecular weight is 246 g/mol. The molecule has 88 valence electrons. The molecule has 0 fully saturated rings. The van der Waals surface area contributed by atoms with Crippen molar-refractivity contribution in [3.8, 4) is 0 Å². The zero-order chi connectivity index (χ0) is 12.1. The Morgan fingerprint density at radius 2 is 2.00 bits per heavy atom. The molecule has 0 spiro atoms. The van der Waals surface area contributed by atoms with Crippen molar-refractivity contribution >= 4 is 11.8 Å². The van der Waals surface area contributed by atoms with Crippen molar-refractivity contribution in [1.82, 2.24) is 20.3 Å². The second-order valence-corrected chi connectivity index (χ2v) is 4.63. The third kappa shape index (κ3) is 3.25. The summed E-state index contributed by atoms with van der Waals surface area (Å²) in [6.45, 7) is 2.11. The van der Waals surface area contributed by atoms with Gasteiger partial charge in [-0.2, -0.15) is 0 Å². The fourth-order valence-electron chi connectivity index (χ4n) is 1.32. The van der Waals surface area contributed by atoms with Crippen molar-refractivity contribution in [3.05, 3.63) is 42.5 Å². The number of nitrogens with zero attached hydrogens (tertiary/aromatic N) is 3. The van der Waals surface area contributed by atoms with Gasteiger partial charge in [0.05, 0.1) is 0 Å². The largest absolute Gasteiger partial charge is 0.313 e. The zero-order valence-electron chi connectivity index (χ0n) is 9.79. The smallest absolute Gasteiger partial charge is 0.116 e. The maximum atomic E-state index is 4.41. The van der Waals surface area contributed by atoms with Gasteiger partial charge in [-0.25, -0.2) is 15.0 Å². The highest BCUT2D eigenvalue weighted by Crippen LogP contribution is 2.24. The lowest BCUT2D eigenvalue weighted by Gasteiger charge is -2.09. The Morgan fingerprint density at radius 1 is 1.18 bits per heavy atom. The summed E-state index contributed by atoms with van der Waals surface area (Å²) in [6.07, 6.45) is 5.16. The molecule has 0 amide bonds. The lowest BCUT2D eigenvalue weighted by Crippen LogP contribution is -2.12. The van der Waals surface area contributed by atoms with Crippen LogP contribution in [0.15, 0.2) is 47.0 Å². The molecule has 0 aliphatic rings. The van der Waals surface area contributed by atoms with Crippen LogP contribution in [-0.4, -0.2) is 22.0 Å². The van der Waals surface area contributed by atoms with Crippen molar-refractivity contribution in [1.29, 1.82) is 0 Å². The first-order valence-corrected chi connectivity index (χ1v) is 6.18. The molecular weight excluding hydrogens is 232 g/mol. The molecule has 5 heteroatoms. The predicted molar refractivity (Wildman–Crippen MR) is 67.9 cm³/mol. The van der Waals surface area contributed by atoms with Crippen LogP contribution in [0.3, 0.4) is 0 Å². The SMILES string of the molecule is CNC(C)c1ccc(Sc2ccncn2)nc1. The van der Waals surface area contributed by atoms with Crippen LogP contribution < -0.4 is 5.32 Å². The van der Waals surface area contributed by atoms with Crippen molar-refractivity contribution in [2.75, 3.05) is 7.05 Å². The average Bonchev–Trinajstić information content (AvgIpc) is 2.40. The summed E-state index contributed by atoms with van der Waals surface area (Å²) in [7, 11) is 1.94. The highest BCUT2D eigenvalue weighted by molar-refractivity contribution is 7.99. The number of hydrogen-bond acceptors (Lipinski definition) is 5. The Bertz CT molecular complexity index is 458. The molecule has 1 N–H and O–H groups in total. The minimum absolute atomic E-state index is 0.320. The van der Waals surface area contributed by atoms with Crippen molar-refractivity contribution < 1.29 is 0 Å². The lowest BCUT2D eigenvalue weighted by molar-refractivity contribution is 0.648. The van der Waals surface area contributed by atoms with Crippen molar-refractivity contribution in [3.63, 3.8) is 0 Å². The molecule has 2 aromatic heterocycles. The molecule has 0 bridgehead atoms. The molecule has 0 aromatic carbocycles. The van der Waals surface area contributed by atoms with Gasteiger partial charge in [0.2, 0.25) is 0 Å². The van der Waals surface area contributed by atoms with E-state index in [0.29, 0.717) is 6.04 Å². The Morgan fingerprint density at radius 3 is 2.59 bits per heavy atom. The topological polar surface area (TPSA) is 50.7 Å². The summed E-state index contributed by atoms with van der Waals surface area (Å²) < 4.78 is 0. The molecule has 0 radical (unpaired) electrons. The monoisotopic (exact) mass is 246 g/mol. The van der Waals surface area contributed by atoms with Crippen LogP contribution in [0, 0.1) is 0 Å². The van der Waals surface area contributed by atoms with E-state index in [0.717, 1.165) is 10.1 Å². The number of rotatable bonds is 4. The van der Waals surface area contributed by atoms with E-state index in [2.05, 4.69) is 33.3 Å². The fourth-order valence-corrected chi connectivity index (χ4v) is 2.01. The number of hydrogen-bond donors (Lipinski definition) is 1. The van der Waals surface area contributed by atoms with E-state index in [-0.39, 0.29) is 0 Å². The van der Waals surface area contributed by atoms with Crippen LogP contribution in [0.2, 0.25) is 0 Å². The van der Waals surface area contributed by atoms with Gasteiger partial charge >= 0.3 is 0 Å². The molecule has 2 heterocycles.